The third-order valence-corrected chi connectivity index (χ3v) is 3.70. The fourth-order valence-corrected chi connectivity index (χ4v) is 2.60. The van der Waals surface area contributed by atoms with Crippen LogP contribution in [0.2, 0.25) is 0 Å². The third-order valence-electron chi connectivity index (χ3n) is 3.18. The van der Waals surface area contributed by atoms with E-state index in [1.54, 1.807) is 0 Å². The number of carbonyl (C=O) groups is 1. The Morgan fingerprint density at radius 3 is 2.29 bits per heavy atom. The molecule has 0 amide bonds. The van der Waals surface area contributed by atoms with E-state index >= 15 is 0 Å². The third kappa shape index (κ3) is 3.07. The molecule has 1 N–H and O–H groups in total. The zero-order valence-corrected chi connectivity index (χ0v) is 11.2. The maximum atomic E-state index is 11.4. The van der Waals surface area contributed by atoms with E-state index in [0.29, 0.717) is 0 Å². The van der Waals surface area contributed by atoms with Crippen molar-refractivity contribution in [2.24, 2.45) is 0 Å². The van der Waals surface area contributed by atoms with E-state index < -0.39 is 12.0 Å². The van der Waals surface area contributed by atoms with Crippen LogP contribution in [-0.2, 0) is 4.79 Å². The molecule has 1 unspecified atom stereocenters. The number of benzene rings is 1. The van der Waals surface area contributed by atoms with Crippen LogP contribution in [-0.4, -0.2) is 29.1 Å². The Morgan fingerprint density at radius 1 is 1.18 bits per heavy atom. The van der Waals surface area contributed by atoms with Crippen LogP contribution in [0.4, 0.5) is 0 Å². The van der Waals surface area contributed by atoms with Crippen LogP contribution in [0, 0.1) is 0 Å². The number of nitrogens with zero attached hydrogens (tertiary/aromatic N) is 1. The molecule has 1 aliphatic heterocycles. The van der Waals surface area contributed by atoms with Gasteiger partial charge in [-0.25, -0.2) is 0 Å². The lowest BCUT2D eigenvalue weighted by Gasteiger charge is -2.32. The van der Waals surface area contributed by atoms with Crippen LogP contribution in [0.3, 0.4) is 0 Å². The number of hydrogen-bond donors (Lipinski definition) is 1. The first kappa shape index (κ1) is 12.6. The second-order valence-corrected chi connectivity index (χ2v) is 5.30. The van der Waals surface area contributed by atoms with Gasteiger partial charge >= 0.3 is 5.97 Å². The number of carboxylic acid groups (broad SMARTS) is 1. The first-order chi connectivity index (χ1) is 8.18. The van der Waals surface area contributed by atoms with Gasteiger partial charge in [0.15, 0.2) is 0 Å². The number of rotatable bonds is 3. The number of aliphatic carboxylic acids is 1. The summed E-state index contributed by atoms with van der Waals surface area (Å²) < 4.78 is 0.976. The summed E-state index contributed by atoms with van der Waals surface area (Å²) >= 11 is 3.37. The van der Waals surface area contributed by atoms with Gasteiger partial charge in [-0.3, -0.25) is 9.69 Å². The van der Waals surface area contributed by atoms with E-state index in [1.165, 1.54) is 6.42 Å². The summed E-state index contributed by atoms with van der Waals surface area (Å²) in [4.78, 5) is 13.5. The molecule has 1 saturated heterocycles. The highest BCUT2D eigenvalue weighted by molar-refractivity contribution is 9.10. The van der Waals surface area contributed by atoms with Crippen LogP contribution in [0.15, 0.2) is 28.7 Å². The number of carboxylic acids is 1. The van der Waals surface area contributed by atoms with E-state index in [2.05, 4.69) is 20.8 Å². The molecule has 3 nitrogen and oxygen atoms in total. The van der Waals surface area contributed by atoms with Gasteiger partial charge in [0.25, 0.3) is 0 Å². The summed E-state index contributed by atoms with van der Waals surface area (Å²) in [6.07, 6.45) is 3.41. The molecule has 1 atom stereocenters. The van der Waals surface area contributed by atoms with Crippen LogP contribution >= 0.6 is 15.9 Å². The first-order valence-corrected chi connectivity index (χ1v) is 6.70. The maximum absolute atomic E-state index is 11.4. The predicted octanol–water partition coefficient (Wildman–Crippen LogP) is 3.06. The van der Waals surface area contributed by atoms with E-state index in [-0.39, 0.29) is 0 Å². The van der Waals surface area contributed by atoms with Gasteiger partial charge in [0.2, 0.25) is 0 Å². The minimum atomic E-state index is -0.755. The largest absolute Gasteiger partial charge is 0.480 e. The average molecular weight is 298 g/mol. The number of halogens is 1. The number of piperidine rings is 1. The predicted molar refractivity (Wildman–Crippen MR) is 69.9 cm³/mol. The Morgan fingerprint density at radius 2 is 1.76 bits per heavy atom. The van der Waals surface area contributed by atoms with Crippen LogP contribution in [0.1, 0.15) is 30.9 Å². The van der Waals surface area contributed by atoms with E-state index in [1.807, 2.05) is 24.3 Å². The Kier molecular flexibility index (Phi) is 4.18. The van der Waals surface area contributed by atoms with Crippen LogP contribution < -0.4 is 0 Å². The molecule has 0 saturated carbocycles. The van der Waals surface area contributed by atoms with Crippen LogP contribution in [0.25, 0.3) is 0 Å². The molecule has 1 aromatic rings. The van der Waals surface area contributed by atoms with E-state index in [0.717, 1.165) is 36.0 Å². The molecular weight excluding hydrogens is 282 g/mol. The summed E-state index contributed by atoms with van der Waals surface area (Å²) in [6, 6.07) is 7.07. The number of hydrogen-bond acceptors (Lipinski definition) is 2. The second kappa shape index (κ2) is 5.65. The monoisotopic (exact) mass is 297 g/mol. The molecule has 2 rings (SSSR count). The molecule has 0 spiro atoms. The van der Waals surface area contributed by atoms with Crippen molar-refractivity contribution >= 4 is 21.9 Å². The summed E-state index contributed by atoms with van der Waals surface area (Å²) in [5.74, 6) is -0.755. The molecule has 17 heavy (non-hydrogen) atoms. The molecule has 4 heteroatoms. The van der Waals surface area contributed by atoms with Crippen molar-refractivity contribution in [1.82, 2.24) is 4.90 Å². The zero-order chi connectivity index (χ0) is 12.3. The lowest BCUT2D eigenvalue weighted by molar-refractivity contribution is -0.144. The van der Waals surface area contributed by atoms with Gasteiger partial charge in [-0.15, -0.1) is 0 Å². The lowest BCUT2D eigenvalue weighted by atomic mass is 10.0. The molecule has 0 bridgehead atoms. The SMILES string of the molecule is O=C(O)C(c1ccc(Br)cc1)N1CCCCC1. The Labute approximate surface area is 110 Å². The molecule has 0 aliphatic carbocycles. The molecule has 0 aromatic heterocycles. The van der Waals surface area contributed by atoms with Gasteiger partial charge in [0.05, 0.1) is 0 Å². The van der Waals surface area contributed by atoms with Crippen molar-refractivity contribution in [3.8, 4) is 0 Å². The lowest BCUT2D eigenvalue weighted by Crippen LogP contribution is -2.37. The molecule has 1 aromatic carbocycles. The minimum absolute atomic E-state index is 0.497. The summed E-state index contributed by atoms with van der Waals surface area (Å²) in [7, 11) is 0. The van der Waals surface area contributed by atoms with Crippen molar-refractivity contribution in [3.63, 3.8) is 0 Å². The smallest absolute Gasteiger partial charge is 0.325 e. The van der Waals surface area contributed by atoms with Crippen LogP contribution in [0.5, 0.6) is 0 Å². The highest BCUT2D eigenvalue weighted by Gasteiger charge is 2.28. The van der Waals surface area contributed by atoms with Crippen molar-refractivity contribution in [2.45, 2.75) is 25.3 Å². The minimum Gasteiger partial charge on any atom is -0.480 e. The van der Waals surface area contributed by atoms with Crippen molar-refractivity contribution in [3.05, 3.63) is 34.3 Å². The Hall–Kier alpha value is -0.870. The standard InChI is InChI=1S/C13H16BrNO2/c14-11-6-4-10(5-7-11)12(13(16)17)15-8-2-1-3-9-15/h4-7,12H,1-3,8-9H2,(H,16,17). The van der Waals surface area contributed by atoms with E-state index in [4.69, 9.17) is 0 Å². The van der Waals surface area contributed by atoms with Gasteiger partial charge in [0, 0.05) is 4.47 Å². The Balaban J connectivity index is 2.21. The summed E-state index contributed by atoms with van der Waals surface area (Å²) in [6.45, 7) is 1.76. The van der Waals surface area contributed by atoms with Crippen molar-refractivity contribution in [2.75, 3.05) is 13.1 Å². The highest BCUT2D eigenvalue weighted by Crippen LogP contribution is 2.26. The second-order valence-electron chi connectivity index (χ2n) is 4.39. The normalized spacial score (nSPS) is 18.9. The number of likely N-dealkylation sites (tertiary alicyclic amines) is 1. The fraction of sp³-hybridized carbons (Fsp3) is 0.462. The molecule has 1 heterocycles. The maximum Gasteiger partial charge on any atom is 0.325 e. The fourth-order valence-electron chi connectivity index (χ4n) is 2.33. The van der Waals surface area contributed by atoms with Gasteiger partial charge < -0.3 is 5.11 Å². The molecule has 0 radical (unpaired) electrons. The first-order valence-electron chi connectivity index (χ1n) is 5.91. The molecule has 92 valence electrons. The van der Waals surface area contributed by atoms with Gasteiger partial charge in [-0.2, -0.15) is 0 Å². The Bertz CT molecular complexity index is 385. The molecule has 1 fully saturated rings. The summed E-state index contributed by atoms with van der Waals surface area (Å²) in [5.41, 5.74) is 0.864. The topological polar surface area (TPSA) is 40.5 Å². The molecular formula is C13H16BrNO2. The average Bonchev–Trinajstić information content (AvgIpc) is 2.33. The quantitative estimate of drug-likeness (QED) is 0.932. The van der Waals surface area contributed by atoms with Crippen molar-refractivity contribution < 1.29 is 9.90 Å². The molecule has 1 aliphatic rings. The van der Waals surface area contributed by atoms with Gasteiger partial charge in [-0.1, -0.05) is 34.5 Å². The van der Waals surface area contributed by atoms with Gasteiger partial charge in [0.1, 0.15) is 6.04 Å². The van der Waals surface area contributed by atoms with Gasteiger partial charge in [-0.05, 0) is 43.6 Å². The summed E-state index contributed by atoms with van der Waals surface area (Å²) in [5, 5.41) is 9.39. The highest BCUT2D eigenvalue weighted by atomic mass is 79.9. The van der Waals surface area contributed by atoms with Crippen molar-refractivity contribution in [1.29, 1.82) is 0 Å². The van der Waals surface area contributed by atoms with E-state index in [9.17, 15) is 9.90 Å². The zero-order valence-electron chi connectivity index (χ0n) is 9.60.